The summed E-state index contributed by atoms with van der Waals surface area (Å²) in [5.74, 6) is -0.0602. The molecule has 2 aromatic rings. The zero-order valence-corrected chi connectivity index (χ0v) is 19.5. The van der Waals surface area contributed by atoms with Crippen molar-refractivity contribution in [1.29, 1.82) is 0 Å². The Balaban J connectivity index is 1.46. The largest absolute Gasteiger partial charge is 0.489 e. The number of aromatic nitrogens is 1. The van der Waals surface area contributed by atoms with E-state index in [4.69, 9.17) is 4.74 Å². The molecule has 2 N–H and O–H groups in total. The summed E-state index contributed by atoms with van der Waals surface area (Å²) in [6.07, 6.45) is 4.05. The van der Waals surface area contributed by atoms with E-state index >= 15 is 0 Å². The number of nitrogens with one attached hydrogen (secondary N) is 1. The van der Waals surface area contributed by atoms with E-state index in [1.807, 2.05) is 0 Å². The lowest BCUT2D eigenvalue weighted by Gasteiger charge is -2.22. The highest BCUT2D eigenvalue weighted by Crippen LogP contribution is 2.39. The van der Waals surface area contributed by atoms with Gasteiger partial charge in [-0.05, 0) is 60.6 Å². The Morgan fingerprint density at radius 3 is 2.71 bits per heavy atom. The smallest absolute Gasteiger partial charge is 0.387 e. The fourth-order valence-electron chi connectivity index (χ4n) is 4.27. The minimum Gasteiger partial charge on any atom is -0.489 e. The third kappa shape index (κ3) is 6.45. The molecule has 0 bridgehead atoms. The summed E-state index contributed by atoms with van der Waals surface area (Å²) in [4.78, 5) is 31.0. The van der Waals surface area contributed by atoms with Gasteiger partial charge in [0.2, 0.25) is 11.8 Å². The quantitative estimate of drug-likeness (QED) is 0.532. The number of ether oxygens (including phenoxy) is 2. The topological polar surface area (TPSA) is 101 Å². The Bertz CT molecular complexity index is 1060. The van der Waals surface area contributed by atoms with Gasteiger partial charge in [-0.25, -0.2) is 0 Å². The summed E-state index contributed by atoms with van der Waals surface area (Å²) >= 11 is 0. The average molecular weight is 490 g/mol. The molecule has 0 spiro atoms. The molecule has 1 aromatic heterocycles. The van der Waals surface area contributed by atoms with Crippen molar-refractivity contribution in [2.24, 2.45) is 5.92 Å². The van der Waals surface area contributed by atoms with E-state index < -0.39 is 12.7 Å². The van der Waals surface area contributed by atoms with E-state index in [2.05, 4.69) is 15.0 Å². The second-order valence-corrected chi connectivity index (χ2v) is 8.99. The first-order chi connectivity index (χ1) is 16.8. The molecule has 1 saturated heterocycles. The van der Waals surface area contributed by atoms with E-state index in [1.54, 1.807) is 30.5 Å². The van der Waals surface area contributed by atoms with Crippen LogP contribution in [0, 0.1) is 5.92 Å². The van der Waals surface area contributed by atoms with E-state index in [9.17, 15) is 23.5 Å². The number of rotatable bonds is 10. The second-order valence-electron chi connectivity index (χ2n) is 8.99. The van der Waals surface area contributed by atoms with Gasteiger partial charge < -0.3 is 24.8 Å². The molecule has 10 heteroatoms. The second kappa shape index (κ2) is 11.0. The number of carbonyl (C=O) groups is 2. The first-order valence-electron chi connectivity index (χ1n) is 11.6. The summed E-state index contributed by atoms with van der Waals surface area (Å²) in [7, 11) is 0. The van der Waals surface area contributed by atoms with Crippen LogP contribution in [0.1, 0.15) is 48.9 Å². The number of benzene rings is 1. The third-order valence-electron chi connectivity index (χ3n) is 6.34. The molecule has 1 unspecified atom stereocenters. The lowest BCUT2D eigenvalue weighted by Crippen LogP contribution is -2.45. The van der Waals surface area contributed by atoms with Crippen molar-refractivity contribution in [3.05, 3.63) is 53.3 Å². The van der Waals surface area contributed by atoms with Crippen molar-refractivity contribution in [3.8, 4) is 11.5 Å². The maximum absolute atomic E-state index is 13.0. The van der Waals surface area contributed by atoms with E-state index in [0.717, 1.165) is 18.4 Å². The van der Waals surface area contributed by atoms with Crippen LogP contribution in [0.2, 0.25) is 0 Å². The monoisotopic (exact) mass is 489 g/mol. The zero-order valence-electron chi connectivity index (χ0n) is 19.5. The number of hydrogen-bond donors (Lipinski definition) is 2. The van der Waals surface area contributed by atoms with Gasteiger partial charge in [-0.1, -0.05) is 6.07 Å². The normalized spacial score (nSPS) is 19.6. The van der Waals surface area contributed by atoms with Crippen LogP contribution < -0.4 is 14.8 Å². The van der Waals surface area contributed by atoms with Gasteiger partial charge in [-0.3, -0.25) is 14.6 Å². The van der Waals surface area contributed by atoms with Crippen LogP contribution in [0.3, 0.4) is 0 Å². The van der Waals surface area contributed by atoms with Crippen LogP contribution >= 0.6 is 0 Å². The minimum absolute atomic E-state index is 0.0299. The number of pyridine rings is 1. The van der Waals surface area contributed by atoms with Crippen molar-refractivity contribution < 1.29 is 33.0 Å². The van der Waals surface area contributed by atoms with Crippen molar-refractivity contribution in [2.75, 3.05) is 13.2 Å². The molecule has 1 saturated carbocycles. The van der Waals surface area contributed by atoms with E-state index in [0.29, 0.717) is 36.7 Å². The molecule has 188 valence electrons. The van der Waals surface area contributed by atoms with Crippen molar-refractivity contribution in [3.63, 3.8) is 0 Å². The van der Waals surface area contributed by atoms with Crippen LogP contribution in [-0.4, -0.2) is 52.6 Å². The number of aliphatic hydroxyl groups excluding tert-OH is 1. The van der Waals surface area contributed by atoms with E-state index in [1.165, 1.54) is 17.9 Å². The van der Waals surface area contributed by atoms with Crippen LogP contribution in [0.25, 0.3) is 0 Å². The maximum atomic E-state index is 13.0. The molecular formula is C25H29F2N3O5. The van der Waals surface area contributed by atoms with Crippen molar-refractivity contribution in [2.45, 2.75) is 57.9 Å². The molecule has 1 aliphatic carbocycles. The predicted molar refractivity (Wildman–Crippen MR) is 122 cm³/mol. The molecule has 1 aliphatic heterocycles. The number of halogens is 2. The lowest BCUT2D eigenvalue weighted by molar-refractivity contribution is -0.136. The molecule has 2 atom stereocenters. The number of alkyl halides is 2. The van der Waals surface area contributed by atoms with Crippen molar-refractivity contribution >= 4 is 11.8 Å². The Hall–Kier alpha value is -3.27. The number of nitrogens with zero attached hydrogens (tertiary/aromatic N) is 2. The fourth-order valence-corrected chi connectivity index (χ4v) is 4.27. The van der Waals surface area contributed by atoms with Gasteiger partial charge in [0, 0.05) is 25.6 Å². The first-order valence-corrected chi connectivity index (χ1v) is 11.6. The number of likely N-dealkylation sites (tertiary alicyclic amines) is 1. The van der Waals surface area contributed by atoms with Gasteiger partial charge >= 0.3 is 6.61 Å². The lowest BCUT2D eigenvalue weighted by atomic mass is 9.95. The van der Waals surface area contributed by atoms with Gasteiger partial charge in [0.05, 0.1) is 25.5 Å². The SMILES string of the molecule is CC(=O)N1CC(c2ccc(OC(F)F)c(OCC3CC3)c2)C[C@@H]1C(=O)NCc1cc(CO)ccn1. The highest BCUT2D eigenvalue weighted by Gasteiger charge is 2.39. The Labute approximate surface area is 202 Å². The van der Waals surface area contributed by atoms with Crippen LogP contribution in [0.4, 0.5) is 8.78 Å². The molecule has 1 aromatic carbocycles. The standard InChI is InChI=1S/C25H29F2N3O5/c1-15(32)30-12-19(9-21(30)24(33)29-11-20-8-17(13-31)6-7-28-20)18-4-5-22(35-25(26)27)23(10-18)34-14-16-2-3-16/h4-8,10,16,19,21,25,31H,2-3,9,11-14H2,1H3,(H,29,33)/t19?,21-/m1/s1. The summed E-state index contributed by atoms with van der Waals surface area (Å²) < 4.78 is 36.1. The Kier molecular flexibility index (Phi) is 7.80. The first kappa shape index (κ1) is 24.8. The third-order valence-corrected chi connectivity index (χ3v) is 6.34. The highest BCUT2D eigenvalue weighted by molar-refractivity contribution is 5.87. The molecule has 0 radical (unpaired) electrons. The average Bonchev–Trinajstić information content (AvgIpc) is 3.56. The van der Waals surface area contributed by atoms with Gasteiger partial charge in [0.15, 0.2) is 11.5 Å². The van der Waals surface area contributed by atoms with Crippen LogP contribution in [-0.2, 0) is 22.7 Å². The molecular weight excluding hydrogens is 460 g/mol. The van der Waals surface area contributed by atoms with Crippen LogP contribution in [0.5, 0.6) is 11.5 Å². The molecule has 2 heterocycles. The number of aliphatic hydroxyl groups is 1. The Morgan fingerprint density at radius 1 is 1.23 bits per heavy atom. The number of carbonyl (C=O) groups excluding carboxylic acids is 2. The predicted octanol–water partition coefficient (Wildman–Crippen LogP) is 2.98. The van der Waals surface area contributed by atoms with Crippen molar-refractivity contribution in [1.82, 2.24) is 15.2 Å². The van der Waals surface area contributed by atoms with Gasteiger partial charge in [0.1, 0.15) is 6.04 Å². The van der Waals surface area contributed by atoms with Gasteiger partial charge in [-0.15, -0.1) is 0 Å². The molecule has 2 aliphatic rings. The molecule has 2 amide bonds. The molecule has 35 heavy (non-hydrogen) atoms. The Morgan fingerprint density at radius 2 is 2.03 bits per heavy atom. The maximum Gasteiger partial charge on any atom is 0.387 e. The summed E-state index contributed by atoms with van der Waals surface area (Å²) in [6.45, 7) is -0.757. The highest BCUT2D eigenvalue weighted by atomic mass is 19.3. The summed E-state index contributed by atoms with van der Waals surface area (Å²) in [5.41, 5.74) is 2.08. The fraction of sp³-hybridized carbons (Fsp3) is 0.480. The minimum atomic E-state index is -2.97. The van der Waals surface area contributed by atoms with Gasteiger partial charge in [0.25, 0.3) is 0 Å². The van der Waals surface area contributed by atoms with Gasteiger partial charge in [-0.2, -0.15) is 8.78 Å². The summed E-state index contributed by atoms with van der Waals surface area (Å²) in [5, 5.41) is 12.1. The number of hydrogen-bond acceptors (Lipinski definition) is 6. The molecule has 4 rings (SSSR count). The summed E-state index contributed by atoms with van der Waals surface area (Å²) in [6, 6.07) is 7.52. The van der Waals surface area contributed by atoms with E-state index in [-0.39, 0.29) is 42.4 Å². The number of amides is 2. The van der Waals surface area contributed by atoms with Crippen LogP contribution in [0.15, 0.2) is 36.5 Å². The molecule has 8 nitrogen and oxygen atoms in total. The molecule has 2 fully saturated rings. The zero-order chi connectivity index (χ0) is 24.9.